The van der Waals surface area contributed by atoms with Crippen LogP contribution in [-0.2, 0) is 6.54 Å². The van der Waals surface area contributed by atoms with E-state index >= 15 is 0 Å². The van der Waals surface area contributed by atoms with Gasteiger partial charge in [0.1, 0.15) is 0 Å². The lowest BCUT2D eigenvalue weighted by Crippen LogP contribution is -2.25. The Kier molecular flexibility index (Phi) is 4.58. The third-order valence-electron chi connectivity index (χ3n) is 2.16. The van der Waals surface area contributed by atoms with Crippen LogP contribution in [0.1, 0.15) is 11.1 Å². The van der Waals surface area contributed by atoms with Gasteiger partial charge >= 0.3 is 0 Å². The number of rotatable bonds is 4. The van der Waals surface area contributed by atoms with E-state index in [2.05, 4.69) is 53.0 Å². The molecule has 0 aliphatic rings. The predicted molar refractivity (Wildman–Crippen MR) is 64.3 cm³/mol. The first kappa shape index (κ1) is 11.7. The second-order valence-electron chi connectivity index (χ2n) is 3.62. The molecule has 2 N–H and O–H groups in total. The smallest absolute Gasteiger partial charge is 0.0242 e. The molecule has 0 fully saturated rings. The van der Waals surface area contributed by atoms with Crippen LogP contribution in [0.15, 0.2) is 22.7 Å². The molecular weight excluding hydrogens is 240 g/mol. The second kappa shape index (κ2) is 5.49. The van der Waals surface area contributed by atoms with Gasteiger partial charge in [0.25, 0.3) is 0 Å². The molecule has 0 spiro atoms. The lowest BCUT2D eigenvalue weighted by atomic mass is 10.1. The number of aryl methyl sites for hydroxylation is 1. The first-order valence-electron chi connectivity index (χ1n) is 4.77. The van der Waals surface area contributed by atoms with Gasteiger partial charge in [-0.05, 0) is 31.2 Å². The van der Waals surface area contributed by atoms with E-state index in [9.17, 15) is 0 Å². The molecule has 0 saturated carbocycles. The molecule has 0 aliphatic carbocycles. The minimum Gasteiger partial charge on any atom is -0.329 e. The van der Waals surface area contributed by atoms with Crippen LogP contribution in [0.2, 0.25) is 0 Å². The van der Waals surface area contributed by atoms with Gasteiger partial charge in [0, 0.05) is 24.1 Å². The Labute approximate surface area is 94.2 Å². The highest BCUT2D eigenvalue weighted by Crippen LogP contribution is 2.19. The number of hydrogen-bond donors (Lipinski definition) is 1. The zero-order valence-electron chi connectivity index (χ0n) is 8.76. The van der Waals surface area contributed by atoms with E-state index in [0.29, 0.717) is 6.54 Å². The number of likely N-dealkylation sites (N-methyl/N-ethyl adjacent to an activating group) is 1. The van der Waals surface area contributed by atoms with Gasteiger partial charge in [-0.15, -0.1) is 0 Å². The fourth-order valence-corrected chi connectivity index (χ4v) is 1.99. The highest BCUT2D eigenvalue weighted by Gasteiger charge is 2.03. The Bertz CT molecular complexity index is 299. The third kappa shape index (κ3) is 3.40. The minimum atomic E-state index is 0.708. The second-order valence-corrected chi connectivity index (χ2v) is 4.48. The quantitative estimate of drug-likeness (QED) is 0.895. The fraction of sp³-hybridized carbons (Fsp3) is 0.455. The van der Waals surface area contributed by atoms with Crippen LogP contribution in [0.3, 0.4) is 0 Å². The van der Waals surface area contributed by atoms with E-state index in [0.717, 1.165) is 13.1 Å². The highest BCUT2D eigenvalue weighted by atomic mass is 79.9. The zero-order chi connectivity index (χ0) is 10.6. The number of benzene rings is 1. The number of hydrogen-bond acceptors (Lipinski definition) is 2. The van der Waals surface area contributed by atoms with Crippen molar-refractivity contribution in [2.24, 2.45) is 5.73 Å². The van der Waals surface area contributed by atoms with Gasteiger partial charge in [0.2, 0.25) is 0 Å². The largest absolute Gasteiger partial charge is 0.329 e. The Balaban J connectivity index is 2.67. The van der Waals surface area contributed by atoms with Crippen LogP contribution in [0.5, 0.6) is 0 Å². The maximum absolute atomic E-state index is 5.49. The van der Waals surface area contributed by atoms with Crippen molar-refractivity contribution in [3.05, 3.63) is 33.8 Å². The molecule has 1 aromatic rings. The van der Waals surface area contributed by atoms with Gasteiger partial charge in [-0.3, -0.25) is 0 Å². The molecule has 14 heavy (non-hydrogen) atoms. The molecule has 78 valence electrons. The molecule has 0 amide bonds. The van der Waals surface area contributed by atoms with Crippen molar-refractivity contribution in [3.63, 3.8) is 0 Å². The van der Waals surface area contributed by atoms with E-state index in [1.807, 2.05) is 0 Å². The predicted octanol–water partition coefficient (Wildman–Crippen LogP) is 2.15. The third-order valence-corrected chi connectivity index (χ3v) is 2.90. The van der Waals surface area contributed by atoms with Crippen LogP contribution in [0.25, 0.3) is 0 Å². The summed E-state index contributed by atoms with van der Waals surface area (Å²) in [7, 11) is 2.08. The summed E-state index contributed by atoms with van der Waals surface area (Å²) < 4.78 is 1.18. The standard InChI is InChI=1S/C11H17BrN2/c1-9-3-4-10(11(12)7-9)8-14(2)6-5-13/h3-4,7H,5-6,8,13H2,1-2H3. The summed E-state index contributed by atoms with van der Waals surface area (Å²) in [6.07, 6.45) is 0. The highest BCUT2D eigenvalue weighted by molar-refractivity contribution is 9.10. The molecule has 0 heterocycles. The first-order valence-corrected chi connectivity index (χ1v) is 5.56. The lowest BCUT2D eigenvalue weighted by molar-refractivity contribution is 0.335. The summed E-state index contributed by atoms with van der Waals surface area (Å²) in [5.74, 6) is 0. The summed E-state index contributed by atoms with van der Waals surface area (Å²) >= 11 is 3.57. The van der Waals surface area contributed by atoms with Crippen LogP contribution in [0, 0.1) is 6.92 Å². The van der Waals surface area contributed by atoms with E-state index < -0.39 is 0 Å². The van der Waals surface area contributed by atoms with Gasteiger partial charge in [-0.2, -0.15) is 0 Å². The maximum Gasteiger partial charge on any atom is 0.0242 e. The maximum atomic E-state index is 5.49. The van der Waals surface area contributed by atoms with Gasteiger partial charge < -0.3 is 10.6 Å². The Morgan fingerprint density at radius 1 is 1.43 bits per heavy atom. The molecule has 2 nitrogen and oxygen atoms in total. The zero-order valence-corrected chi connectivity index (χ0v) is 10.3. The summed E-state index contributed by atoms with van der Waals surface area (Å²) in [4.78, 5) is 2.22. The van der Waals surface area contributed by atoms with Crippen LogP contribution in [0.4, 0.5) is 0 Å². The molecule has 1 aromatic carbocycles. The summed E-state index contributed by atoms with van der Waals surface area (Å²) in [6.45, 7) is 4.68. The summed E-state index contributed by atoms with van der Waals surface area (Å²) in [6, 6.07) is 6.44. The molecule has 0 saturated heterocycles. The minimum absolute atomic E-state index is 0.708. The van der Waals surface area contributed by atoms with Crippen molar-refractivity contribution < 1.29 is 0 Å². The SMILES string of the molecule is Cc1ccc(CN(C)CCN)c(Br)c1. The monoisotopic (exact) mass is 256 g/mol. The Morgan fingerprint density at radius 2 is 2.14 bits per heavy atom. The van der Waals surface area contributed by atoms with E-state index in [1.165, 1.54) is 15.6 Å². The topological polar surface area (TPSA) is 29.3 Å². The van der Waals surface area contributed by atoms with Gasteiger partial charge in [-0.1, -0.05) is 28.1 Å². The number of nitrogens with zero attached hydrogens (tertiary/aromatic N) is 1. The van der Waals surface area contributed by atoms with Crippen LogP contribution < -0.4 is 5.73 Å². The number of halogens is 1. The molecular formula is C11H17BrN2. The van der Waals surface area contributed by atoms with Crippen molar-refractivity contribution >= 4 is 15.9 Å². The van der Waals surface area contributed by atoms with Gasteiger partial charge in [0.05, 0.1) is 0 Å². The molecule has 0 unspecified atom stereocenters. The molecule has 0 radical (unpaired) electrons. The Hall–Kier alpha value is -0.380. The van der Waals surface area contributed by atoms with Gasteiger partial charge in [0.15, 0.2) is 0 Å². The van der Waals surface area contributed by atoms with Crippen LogP contribution in [-0.4, -0.2) is 25.0 Å². The van der Waals surface area contributed by atoms with Crippen LogP contribution >= 0.6 is 15.9 Å². The van der Waals surface area contributed by atoms with E-state index in [1.54, 1.807) is 0 Å². The molecule has 3 heteroatoms. The first-order chi connectivity index (χ1) is 6.63. The average molecular weight is 257 g/mol. The lowest BCUT2D eigenvalue weighted by Gasteiger charge is -2.16. The fourth-order valence-electron chi connectivity index (χ4n) is 1.37. The molecule has 0 aromatic heterocycles. The average Bonchev–Trinajstić information content (AvgIpc) is 2.10. The summed E-state index contributed by atoms with van der Waals surface area (Å²) in [5.41, 5.74) is 8.08. The molecule has 1 rings (SSSR count). The van der Waals surface area contributed by atoms with Gasteiger partial charge in [-0.25, -0.2) is 0 Å². The van der Waals surface area contributed by atoms with E-state index in [4.69, 9.17) is 5.73 Å². The van der Waals surface area contributed by atoms with E-state index in [-0.39, 0.29) is 0 Å². The normalized spacial score (nSPS) is 10.9. The molecule has 0 aliphatic heterocycles. The molecule has 0 atom stereocenters. The number of nitrogens with two attached hydrogens (primary N) is 1. The molecule has 0 bridgehead atoms. The van der Waals surface area contributed by atoms with Crippen molar-refractivity contribution in [3.8, 4) is 0 Å². The summed E-state index contributed by atoms with van der Waals surface area (Å²) in [5, 5.41) is 0. The van der Waals surface area contributed by atoms with Crippen molar-refractivity contribution in [2.45, 2.75) is 13.5 Å². The Morgan fingerprint density at radius 3 is 2.71 bits per heavy atom. The van der Waals surface area contributed by atoms with Crippen molar-refractivity contribution in [1.82, 2.24) is 4.90 Å². The van der Waals surface area contributed by atoms with Crippen molar-refractivity contribution in [2.75, 3.05) is 20.1 Å². The van der Waals surface area contributed by atoms with Crippen molar-refractivity contribution in [1.29, 1.82) is 0 Å².